The van der Waals surface area contributed by atoms with Crippen LogP contribution in [0.4, 0.5) is 5.95 Å². The molecule has 0 bridgehead atoms. The number of imidazole rings is 1. The maximum absolute atomic E-state index is 12.4. The summed E-state index contributed by atoms with van der Waals surface area (Å²) in [6, 6.07) is 1.93. The first-order valence-corrected chi connectivity index (χ1v) is 9.22. The quantitative estimate of drug-likeness (QED) is 0.822. The number of piperazine rings is 1. The summed E-state index contributed by atoms with van der Waals surface area (Å²) in [6.07, 6.45) is 10.0. The zero-order chi connectivity index (χ0) is 17.9. The molecule has 2 aliphatic rings. The lowest BCUT2D eigenvalue weighted by Gasteiger charge is -2.39. The summed E-state index contributed by atoms with van der Waals surface area (Å²) in [6.45, 7) is 3.38. The molecule has 138 valence electrons. The number of carbonyl (C=O) groups excluding carboxylic acids is 1. The summed E-state index contributed by atoms with van der Waals surface area (Å²) < 4.78 is 1.86. The molecule has 1 saturated heterocycles. The largest absolute Gasteiger partial charge is 0.356 e. The van der Waals surface area contributed by atoms with E-state index in [1.807, 2.05) is 16.8 Å². The molecule has 0 radical (unpaired) electrons. The highest BCUT2D eigenvalue weighted by molar-refractivity contribution is 5.77. The molecule has 2 aromatic rings. The molecular weight excluding hydrogens is 330 g/mol. The fraction of sp³-hybridized carbons (Fsp3) is 0.556. The molecule has 1 N–H and O–H groups in total. The van der Waals surface area contributed by atoms with Gasteiger partial charge in [0, 0.05) is 51.2 Å². The van der Waals surface area contributed by atoms with Crippen molar-refractivity contribution in [2.45, 2.75) is 25.3 Å². The lowest BCUT2D eigenvalue weighted by molar-refractivity contribution is -0.121. The Balaban J connectivity index is 1.48. The van der Waals surface area contributed by atoms with Gasteiger partial charge in [-0.1, -0.05) is 0 Å². The summed E-state index contributed by atoms with van der Waals surface area (Å²) in [4.78, 5) is 30.0. The molecule has 1 unspecified atom stereocenters. The average molecular weight is 355 g/mol. The molecular formula is C18H25N7O. The van der Waals surface area contributed by atoms with Gasteiger partial charge < -0.3 is 15.1 Å². The Morgan fingerprint density at radius 1 is 1.31 bits per heavy atom. The van der Waals surface area contributed by atoms with Gasteiger partial charge in [0.25, 0.3) is 0 Å². The van der Waals surface area contributed by atoms with Gasteiger partial charge in [-0.3, -0.25) is 9.36 Å². The van der Waals surface area contributed by atoms with Crippen molar-refractivity contribution in [1.82, 2.24) is 29.7 Å². The van der Waals surface area contributed by atoms with E-state index >= 15 is 0 Å². The molecule has 1 atom stereocenters. The maximum Gasteiger partial charge on any atom is 0.227 e. The highest BCUT2D eigenvalue weighted by Gasteiger charge is 2.30. The van der Waals surface area contributed by atoms with Gasteiger partial charge in [0.2, 0.25) is 11.9 Å². The molecule has 2 aromatic heterocycles. The zero-order valence-electron chi connectivity index (χ0n) is 15.1. The van der Waals surface area contributed by atoms with Crippen LogP contribution < -0.4 is 10.2 Å². The second-order valence-corrected chi connectivity index (χ2v) is 7.25. The predicted molar refractivity (Wildman–Crippen MR) is 98.1 cm³/mol. The van der Waals surface area contributed by atoms with Crippen molar-refractivity contribution >= 4 is 11.9 Å². The molecule has 1 amide bonds. The second kappa shape index (κ2) is 7.41. The molecule has 26 heavy (non-hydrogen) atoms. The van der Waals surface area contributed by atoms with Gasteiger partial charge in [-0.15, -0.1) is 0 Å². The van der Waals surface area contributed by atoms with Crippen LogP contribution in [0.25, 0.3) is 5.82 Å². The Bertz CT molecular complexity index is 744. The van der Waals surface area contributed by atoms with Crippen LogP contribution in [0.1, 0.15) is 19.3 Å². The van der Waals surface area contributed by atoms with Crippen LogP contribution in [0, 0.1) is 5.92 Å². The van der Waals surface area contributed by atoms with E-state index in [9.17, 15) is 4.79 Å². The van der Waals surface area contributed by atoms with E-state index in [1.165, 1.54) is 12.8 Å². The summed E-state index contributed by atoms with van der Waals surface area (Å²) in [5, 5.41) is 3.08. The summed E-state index contributed by atoms with van der Waals surface area (Å²) >= 11 is 0. The zero-order valence-corrected chi connectivity index (χ0v) is 15.1. The minimum Gasteiger partial charge on any atom is -0.356 e. The van der Waals surface area contributed by atoms with Gasteiger partial charge >= 0.3 is 0 Å². The third-order valence-corrected chi connectivity index (χ3v) is 5.05. The Kier molecular flexibility index (Phi) is 4.83. The molecule has 0 spiro atoms. The van der Waals surface area contributed by atoms with E-state index in [2.05, 4.69) is 32.1 Å². The van der Waals surface area contributed by atoms with Crippen LogP contribution in [-0.2, 0) is 4.79 Å². The van der Waals surface area contributed by atoms with Gasteiger partial charge in [-0.2, -0.15) is 4.98 Å². The van der Waals surface area contributed by atoms with E-state index in [-0.39, 0.29) is 11.9 Å². The number of hydrogen-bond donors (Lipinski definition) is 1. The van der Waals surface area contributed by atoms with Gasteiger partial charge in [-0.25, -0.2) is 9.97 Å². The maximum atomic E-state index is 12.4. The molecule has 1 aliphatic carbocycles. The summed E-state index contributed by atoms with van der Waals surface area (Å²) in [7, 11) is 2.09. The highest BCUT2D eigenvalue weighted by atomic mass is 16.1. The summed E-state index contributed by atoms with van der Waals surface area (Å²) in [5.74, 6) is 2.26. The van der Waals surface area contributed by atoms with Crippen molar-refractivity contribution in [2.24, 2.45) is 5.92 Å². The highest BCUT2D eigenvalue weighted by Crippen LogP contribution is 2.27. The van der Waals surface area contributed by atoms with Crippen LogP contribution >= 0.6 is 0 Å². The summed E-state index contributed by atoms with van der Waals surface area (Å²) in [5.41, 5.74) is 0. The van der Waals surface area contributed by atoms with Gasteiger partial charge in [-0.05, 0) is 31.9 Å². The van der Waals surface area contributed by atoms with Crippen molar-refractivity contribution in [3.8, 4) is 5.82 Å². The lowest BCUT2D eigenvalue weighted by Crippen LogP contribution is -2.54. The molecule has 4 rings (SSSR count). The lowest BCUT2D eigenvalue weighted by atomic mass is 10.1. The first kappa shape index (κ1) is 17.0. The van der Waals surface area contributed by atoms with Gasteiger partial charge in [0.1, 0.15) is 12.1 Å². The van der Waals surface area contributed by atoms with Crippen molar-refractivity contribution in [1.29, 1.82) is 0 Å². The third kappa shape index (κ3) is 4.01. The Morgan fingerprint density at radius 3 is 2.96 bits per heavy atom. The molecule has 1 saturated carbocycles. The number of amides is 1. The Morgan fingerprint density at radius 2 is 2.19 bits per heavy atom. The van der Waals surface area contributed by atoms with Crippen LogP contribution in [0.15, 0.2) is 31.0 Å². The minimum atomic E-state index is 0.0750. The minimum absolute atomic E-state index is 0.0750. The van der Waals surface area contributed by atoms with Crippen molar-refractivity contribution in [2.75, 3.05) is 38.1 Å². The topological polar surface area (TPSA) is 79.2 Å². The van der Waals surface area contributed by atoms with Crippen LogP contribution in [0.2, 0.25) is 0 Å². The van der Waals surface area contributed by atoms with E-state index in [4.69, 9.17) is 4.98 Å². The number of aromatic nitrogens is 4. The molecule has 2 fully saturated rings. The molecule has 1 aliphatic heterocycles. The van der Waals surface area contributed by atoms with Gasteiger partial charge in [0.05, 0.1) is 6.04 Å². The number of likely N-dealkylation sites (N-methyl/N-ethyl adjacent to an activating group) is 1. The fourth-order valence-corrected chi connectivity index (χ4v) is 3.33. The van der Waals surface area contributed by atoms with Crippen LogP contribution in [0.3, 0.4) is 0 Å². The van der Waals surface area contributed by atoms with E-state index in [0.29, 0.717) is 18.3 Å². The number of nitrogens with one attached hydrogen (secondary N) is 1. The number of anilines is 1. The molecule has 0 aromatic carbocycles. The van der Waals surface area contributed by atoms with Gasteiger partial charge in [0.15, 0.2) is 0 Å². The number of nitrogens with zero attached hydrogens (tertiary/aromatic N) is 6. The second-order valence-electron chi connectivity index (χ2n) is 7.25. The Labute approximate surface area is 153 Å². The van der Waals surface area contributed by atoms with Crippen molar-refractivity contribution < 1.29 is 4.79 Å². The molecule has 3 heterocycles. The Hall–Kier alpha value is -2.48. The first-order chi connectivity index (χ1) is 12.7. The standard InChI is InChI=1S/C18H25N7O/c1-23-8-9-25(15(12-23)10-17(26)21-11-14-2-3-14)18-20-5-4-16(22-18)24-7-6-19-13-24/h4-7,13-15H,2-3,8-12H2,1H3,(H,21,26). The number of hydrogen-bond acceptors (Lipinski definition) is 6. The van der Waals surface area contributed by atoms with E-state index in [1.54, 1.807) is 18.7 Å². The number of carbonyl (C=O) groups is 1. The van der Waals surface area contributed by atoms with Crippen molar-refractivity contribution in [3.63, 3.8) is 0 Å². The van der Waals surface area contributed by atoms with Crippen LogP contribution in [0.5, 0.6) is 0 Å². The predicted octanol–water partition coefficient (Wildman–Crippen LogP) is 0.699. The third-order valence-electron chi connectivity index (χ3n) is 5.05. The SMILES string of the molecule is CN1CCN(c2nccc(-n3ccnc3)n2)C(CC(=O)NCC2CC2)C1. The van der Waals surface area contributed by atoms with E-state index in [0.717, 1.165) is 32.0 Å². The van der Waals surface area contributed by atoms with E-state index < -0.39 is 0 Å². The molecule has 8 nitrogen and oxygen atoms in total. The monoisotopic (exact) mass is 355 g/mol. The normalized spacial score (nSPS) is 21.0. The smallest absolute Gasteiger partial charge is 0.227 e. The first-order valence-electron chi connectivity index (χ1n) is 9.22. The average Bonchev–Trinajstić information content (AvgIpc) is 3.31. The van der Waals surface area contributed by atoms with Crippen molar-refractivity contribution in [3.05, 3.63) is 31.0 Å². The fourth-order valence-electron chi connectivity index (χ4n) is 3.33. The van der Waals surface area contributed by atoms with Crippen LogP contribution in [-0.4, -0.2) is 69.6 Å². The molecule has 8 heteroatoms. The number of rotatable bonds is 6.